The molecule has 0 aliphatic heterocycles. The Kier molecular flexibility index (Phi) is 12.0. The predicted octanol–water partition coefficient (Wildman–Crippen LogP) is -4.37. The first-order chi connectivity index (χ1) is 2.81. The van der Waals surface area contributed by atoms with Gasteiger partial charge in [0.05, 0.1) is 0 Å². The van der Waals surface area contributed by atoms with E-state index in [0.29, 0.717) is 0 Å². The molecule has 0 aromatic rings. The zero-order chi connectivity index (χ0) is 4.99. The van der Waals surface area contributed by atoms with Gasteiger partial charge in [-0.3, -0.25) is 0 Å². The van der Waals surface area contributed by atoms with Crippen molar-refractivity contribution in [3.8, 4) is 0 Å². The van der Waals surface area contributed by atoms with Gasteiger partial charge < -0.3 is 0 Å². The summed E-state index contributed by atoms with van der Waals surface area (Å²) in [6, 6.07) is 0. The molecule has 3 nitrogen and oxygen atoms in total. The third kappa shape index (κ3) is 7.44. The van der Waals surface area contributed by atoms with Crippen LogP contribution >= 0.6 is 0 Å². The second kappa shape index (κ2) is 7.44. The number of hydrogen-bond donors (Lipinski definition) is 0. The van der Waals surface area contributed by atoms with Gasteiger partial charge in [0, 0.05) is 0 Å². The average molecular weight is 176 g/mol. The zero-order valence-corrected chi connectivity index (χ0v) is 8.55. The second-order valence-corrected chi connectivity index (χ2v) is 3.06. The summed E-state index contributed by atoms with van der Waals surface area (Å²) >= 11 is -2.47. The molecule has 0 heterocycles. The third-order valence-corrected chi connectivity index (χ3v) is 1.55. The van der Waals surface area contributed by atoms with Crippen LogP contribution in [-0.4, -0.2) is 29.9 Å². The minimum absolute atomic E-state index is 0. The van der Waals surface area contributed by atoms with Gasteiger partial charge in [0.25, 0.3) is 0 Å². The number of rotatable bonds is 2. The molecular weight excluding hydrogens is 170 g/mol. The maximum Gasteiger partial charge on any atom is 1.00 e. The molecule has 0 fully saturated rings. The molecule has 0 aromatic heterocycles. The predicted molar refractivity (Wildman–Crippen MR) is 19.8 cm³/mol. The normalized spacial score (nSPS) is 8.57. The van der Waals surface area contributed by atoms with Crippen LogP contribution in [-0.2, 0) is 7.45 Å². The molecule has 0 aliphatic rings. The molecule has 0 saturated carbocycles. The van der Waals surface area contributed by atoms with Crippen LogP contribution in [0, 0.1) is 0 Å². The van der Waals surface area contributed by atoms with Crippen LogP contribution in [0.15, 0.2) is 0 Å². The van der Waals surface area contributed by atoms with E-state index in [1.807, 2.05) is 0 Å². The standard InChI is InChI=1S/C2H6AsO3.Na/c1-5-3(4)6-2;/h1-2H3;/q-1;+1. The molecule has 0 spiro atoms. The van der Waals surface area contributed by atoms with Gasteiger partial charge in [-0.1, -0.05) is 0 Å². The molecule has 0 bridgehead atoms. The van der Waals surface area contributed by atoms with E-state index in [-0.39, 0.29) is 29.6 Å². The molecule has 0 unspecified atom stereocenters. The van der Waals surface area contributed by atoms with Gasteiger partial charge in [0.15, 0.2) is 0 Å². The van der Waals surface area contributed by atoms with E-state index in [0.717, 1.165) is 0 Å². The van der Waals surface area contributed by atoms with E-state index < -0.39 is 15.7 Å². The van der Waals surface area contributed by atoms with E-state index in [9.17, 15) is 4.10 Å². The Hall–Kier alpha value is 1.44. The molecule has 0 aliphatic carbocycles. The van der Waals surface area contributed by atoms with E-state index in [1.54, 1.807) is 0 Å². The van der Waals surface area contributed by atoms with Gasteiger partial charge >= 0.3 is 71.0 Å². The summed E-state index contributed by atoms with van der Waals surface area (Å²) in [6.45, 7) is 0. The van der Waals surface area contributed by atoms with Gasteiger partial charge in [-0.15, -0.1) is 0 Å². The largest absolute Gasteiger partial charge is 1.00 e. The Balaban J connectivity index is 0. The van der Waals surface area contributed by atoms with Crippen molar-refractivity contribution >= 4 is 15.7 Å². The maximum absolute atomic E-state index is 9.97. The van der Waals surface area contributed by atoms with Crippen molar-refractivity contribution in [2.24, 2.45) is 0 Å². The van der Waals surface area contributed by atoms with Gasteiger partial charge in [-0.2, -0.15) is 0 Å². The van der Waals surface area contributed by atoms with Crippen molar-refractivity contribution in [3.05, 3.63) is 0 Å². The van der Waals surface area contributed by atoms with Crippen LogP contribution in [0.1, 0.15) is 0 Å². The molecule has 0 aromatic carbocycles. The van der Waals surface area contributed by atoms with E-state index in [4.69, 9.17) is 0 Å². The van der Waals surface area contributed by atoms with Gasteiger partial charge in [0.1, 0.15) is 0 Å². The summed E-state index contributed by atoms with van der Waals surface area (Å²) in [5.74, 6) is 0. The fourth-order valence-electron chi connectivity index (χ4n) is 0.0745. The molecule has 0 N–H and O–H groups in total. The molecule has 5 heteroatoms. The Bertz CT molecular complexity index is 32.1. The van der Waals surface area contributed by atoms with Crippen molar-refractivity contribution in [1.82, 2.24) is 0 Å². The molecule has 0 saturated heterocycles. The summed E-state index contributed by atoms with van der Waals surface area (Å²) < 4.78 is 18.5. The minimum Gasteiger partial charge on any atom is 1.00 e. The van der Waals surface area contributed by atoms with Crippen LogP contribution in [0.3, 0.4) is 0 Å². The van der Waals surface area contributed by atoms with Gasteiger partial charge in [-0.05, 0) is 0 Å². The fourth-order valence-corrected chi connectivity index (χ4v) is 0.387. The SMILES string of the molecule is CO[As]([O-])OC.[Na+]. The summed E-state index contributed by atoms with van der Waals surface area (Å²) in [7, 11) is 2.72. The molecule has 0 radical (unpaired) electrons. The van der Waals surface area contributed by atoms with Gasteiger partial charge in [-0.25, -0.2) is 0 Å². The monoisotopic (exact) mass is 176 g/mol. The first-order valence-corrected chi connectivity index (χ1v) is 3.66. The summed E-state index contributed by atoms with van der Waals surface area (Å²) in [5.41, 5.74) is 0. The minimum atomic E-state index is -2.47. The van der Waals surface area contributed by atoms with Crippen LogP contribution in [0.2, 0.25) is 0 Å². The first kappa shape index (κ1) is 11.3. The van der Waals surface area contributed by atoms with Crippen molar-refractivity contribution < 1.29 is 41.1 Å². The number of hydrogen-bond acceptors (Lipinski definition) is 3. The summed E-state index contributed by atoms with van der Waals surface area (Å²) in [5, 5.41) is 0. The van der Waals surface area contributed by atoms with Crippen molar-refractivity contribution in [2.75, 3.05) is 14.2 Å². The molecule has 0 rings (SSSR count). The topological polar surface area (TPSA) is 41.5 Å². The Morgan fingerprint density at radius 2 is 1.57 bits per heavy atom. The van der Waals surface area contributed by atoms with E-state index in [1.165, 1.54) is 14.2 Å². The van der Waals surface area contributed by atoms with Crippen LogP contribution in [0.5, 0.6) is 0 Å². The second-order valence-electron chi connectivity index (χ2n) is 0.589. The van der Waals surface area contributed by atoms with E-state index in [2.05, 4.69) is 7.45 Å². The summed E-state index contributed by atoms with van der Waals surface area (Å²) in [6.07, 6.45) is 0. The molecule has 0 atom stereocenters. The fraction of sp³-hybridized carbons (Fsp3) is 1.00. The van der Waals surface area contributed by atoms with Crippen LogP contribution in [0.4, 0.5) is 0 Å². The zero-order valence-electron chi connectivity index (χ0n) is 4.67. The average Bonchev–Trinajstić information content (AvgIpc) is 1.65. The quantitative estimate of drug-likeness (QED) is 0.399. The summed E-state index contributed by atoms with van der Waals surface area (Å²) in [4.78, 5) is 0. The van der Waals surface area contributed by atoms with Crippen LogP contribution in [0.25, 0.3) is 0 Å². The molecule has 38 valence electrons. The smallest absolute Gasteiger partial charge is 1.00 e. The van der Waals surface area contributed by atoms with Crippen molar-refractivity contribution in [3.63, 3.8) is 0 Å². The van der Waals surface area contributed by atoms with Crippen molar-refractivity contribution in [2.45, 2.75) is 0 Å². The maximum atomic E-state index is 9.97. The third-order valence-electron chi connectivity index (χ3n) is 0.298. The van der Waals surface area contributed by atoms with Crippen molar-refractivity contribution in [1.29, 1.82) is 0 Å². The molecular formula is C2H6AsNaO3. The van der Waals surface area contributed by atoms with E-state index >= 15 is 0 Å². The first-order valence-electron chi connectivity index (χ1n) is 1.36. The Morgan fingerprint density at radius 1 is 1.29 bits per heavy atom. The Labute approximate surface area is 70.6 Å². The molecule has 7 heavy (non-hydrogen) atoms. The van der Waals surface area contributed by atoms with Crippen LogP contribution < -0.4 is 33.7 Å². The van der Waals surface area contributed by atoms with Gasteiger partial charge in [0.2, 0.25) is 0 Å². The molecule has 0 amide bonds. The Morgan fingerprint density at radius 3 is 1.57 bits per heavy atom.